The molecule has 1 aromatic carbocycles. The van der Waals surface area contributed by atoms with Crippen LogP contribution in [0.3, 0.4) is 0 Å². The Morgan fingerprint density at radius 2 is 2.05 bits per heavy atom. The highest BCUT2D eigenvalue weighted by atomic mass is 35.5. The first-order valence-corrected chi connectivity index (χ1v) is 7.83. The van der Waals surface area contributed by atoms with Gasteiger partial charge in [-0.3, -0.25) is 9.69 Å². The van der Waals surface area contributed by atoms with E-state index in [4.69, 9.17) is 11.6 Å². The van der Waals surface area contributed by atoms with Crippen LogP contribution in [0, 0.1) is 0 Å². The number of carbonyl (C=O) groups is 2. The van der Waals surface area contributed by atoms with Crippen LogP contribution in [0.5, 0.6) is 0 Å². The molecule has 1 aromatic rings. The van der Waals surface area contributed by atoms with Crippen molar-refractivity contribution in [2.75, 3.05) is 13.6 Å². The summed E-state index contributed by atoms with van der Waals surface area (Å²) in [6.45, 7) is 0.496. The molecule has 1 N–H and O–H groups in total. The number of carbonyl (C=O) groups excluding carboxylic acids is 2. The van der Waals surface area contributed by atoms with Gasteiger partial charge < -0.3 is 5.32 Å². The van der Waals surface area contributed by atoms with Crippen LogP contribution in [0.4, 0.5) is 4.79 Å². The highest BCUT2D eigenvalue weighted by Gasteiger charge is 2.31. The molecule has 1 saturated heterocycles. The first-order valence-electron chi connectivity index (χ1n) is 6.57. The molecule has 0 radical (unpaired) electrons. The van der Waals surface area contributed by atoms with Gasteiger partial charge in [0.05, 0.1) is 5.25 Å². The van der Waals surface area contributed by atoms with Crippen LogP contribution in [0.2, 0.25) is 5.02 Å². The number of amides is 3. The topological polar surface area (TPSA) is 49.4 Å². The summed E-state index contributed by atoms with van der Waals surface area (Å²) in [5.41, 5.74) is 0. The van der Waals surface area contributed by atoms with Crippen molar-refractivity contribution in [2.45, 2.75) is 29.4 Å². The minimum absolute atomic E-state index is 0.109. The number of hydrogen-bond donors (Lipinski definition) is 1. The second-order valence-corrected chi connectivity index (χ2v) is 6.31. The van der Waals surface area contributed by atoms with E-state index in [9.17, 15) is 9.59 Å². The van der Waals surface area contributed by atoms with Crippen molar-refractivity contribution in [1.82, 2.24) is 10.2 Å². The van der Waals surface area contributed by atoms with Crippen molar-refractivity contribution in [3.8, 4) is 0 Å². The third-order valence-corrected chi connectivity index (χ3v) is 4.71. The fourth-order valence-corrected chi connectivity index (χ4v) is 3.39. The van der Waals surface area contributed by atoms with Gasteiger partial charge in [-0.2, -0.15) is 0 Å². The van der Waals surface area contributed by atoms with Gasteiger partial charge in [0.1, 0.15) is 0 Å². The summed E-state index contributed by atoms with van der Waals surface area (Å²) in [5.74, 6) is -0.109. The zero-order valence-corrected chi connectivity index (χ0v) is 12.8. The standard InChI is InChI=1S/C14H17ClN2O2S/c1-16-14(19)17-9-3-2-4-12(13(17)18)20-11-7-5-10(15)6-8-11/h5-8,12H,2-4,9H2,1H3,(H,16,19). The zero-order chi connectivity index (χ0) is 14.5. The van der Waals surface area contributed by atoms with Crippen LogP contribution >= 0.6 is 23.4 Å². The molecule has 0 spiro atoms. The molecule has 4 nitrogen and oxygen atoms in total. The number of thioether (sulfide) groups is 1. The van der Waals surface area contributed by atoms with E-state index in [0.717, 1.165) is 24.2 Å². The van der Waals surface area contributed by atoms with E-state index in [0.29, 0.717) is 11.6 Å². The number of nitrogens with one attached hydrogen (secondary N) is 1. The Kier molecular flexibility index (Phi) is 5.31. The second kappa shape index (κ2) is 6.99. The van der Waals surface area contributed by atoms with E-state index in [2.05, 4.69) is 5.32 Å². The third kappa shape index (κ3) is 3.67. The van der Waals surface area contributed by atoms with Crippen LogP contribution in [0.15, 0.2) is 29.2 Å². The van der Waals surface area contributed by atoms with E-state index in [1.54, 1.807) is 7.05 Å². The maximum absolute atomic E-state index is 12.4. The predicted molar refractivity (Wildman–Crippen MR) is 81.1 cm³/mol. The fraction of sp³-hybridized carbons (Fsp3) is 0.429. The van der Waals surface area contributed by atoms with Crippen molar-refractivity contribution in [1.29, 1.82) is 0 Å². The molecule has 0 saturated carbocycles. The van der Waals surface area contributed by atoms with E-state index in [-0.39, 0.29) is 17.2 Å². The van der Waals surface area contributed by atoms with Crippen molar-refractivity contribution in [3.63, 3.8) is 0 Å². The summed E-state index contributed by atoms with van der Waals surface area (Å²) in [5, 5.41) is 2.99. The molecule has 1 aliphatic heterocycles. The second-order valence-electron chi connectivity index (χ2n) is 4.60. The molecule has 20 heavy (non-hydrogen) atoms. The Hall–Kier alpha value is -1.20. The maximum Gasteiger partial charge on any atom is 0.323 e. The average molecular weight is 313 g/mol. The summed E-state index contributed by atoms with van der Waals surface area (Å²) in [6.07, 6.45) is 2.60. The predicted octanol–water partition coefficient (Wildman–Crippen LogP) is 3.15. The number of likely N-dealkylation sites (tertiary alicyclic amines) is 1. The normalized spacial score (nSPS) is 19.6. The van der Waals surface area contributed by atoms with Gasteiger partial charge in [-0.1, -0.05) is 18.0 Å². The molecule has 1 fully saturated rings. The van der Waals surface area contributed by atoms with Crippen molar-refractivity contribution < 1.29 is 9.59 Å². The van der Waals surface area contributed by atoms with Crippen molar-refractivity contribution in [2.24, 2.45) is 0 Å². The molecule has 0 aromatic heterocycles. The van der Waals surface area contributed by atoms with E-state index in [1.807, 2.05) is 24.3 Å². The fourth-order valence-electron chi connectivity index (χ4n) is 2.13. The highest BCUT2D eigenvalue weighted by molar-refractivity contribution is 8.00. The molecule has 1 unspecified atom stereocenters. The molecular weight excluding hydrogens is 296 g/mol. The molecule has 3 amide bonds. The minimum Gasteiger partial charge on any atom is -0.341 e. The molecule has 1 heterocycles. The number of urea groups is 1. The first-order chi connectivity index (χ1) is 9.61. The largest absolute Gasteiger partial charge is 0.341 e. The van der Waals surface area contributed by atoms with E-state index in [1.165, 1.54) is 16.7 Å². The molecule has 1 atom stereocenters. The zero-order valence-electron chi connectivity index (χ0n) is 11.3. The van der Waals surface area contributed by atoms with Crippen LogP contribution < -0.4 is 5.32 Å². The summed E-state index contributed by atoms with van der Waals surface area (Å²) in [7, 11) is 1.54. The van der Waals surface area contributed by atoms with Crippen molar-refractivity contribution >= 4 is 35.3 Å². The summed E-state index contributed by atoms with van der Waals surface area (Å²) >= 11 is 7.35. The van der Waals surface area contributed by atoms with Crippen LogP contribution in [-0.2, 0) is 4.79 Å². The number of halogens is 1. The number of nitrogens with zero attached hydrogens (tertiary/aromatic N) is 1. The monoisotopic (exact) mass is 312 g/mol. The van der Waals surface area contributed by atoms with E-state index < -0.39 is 0 Å². The average Bonchev–Trinajstić information content (AvgIpc) is 2.63. The maximum atomic E-state index is 12.4. The molecule has 0 bridgehead atoms. The van der Waals surface area contributed by atoms with Gasteiger partial charge in [-0.15, -0.1) is 11.8 Å². The SMILES string of the molecule is CNC(=O)N1CCCCC(Sc2ccc(Cl)cc2)C1=O. The Balaban J connectivity index is 2.11. The quantitative estimate of drug-likeness (QED) is 0.912. The summed E-state index contributed by atoms with van der Waals surface area (Å²) in [4.78, 5) is 26.5. The van der Waals surface area contributed by atoms with Gasteiger partial charge in [-0.05, 0) is 37.1 Å². The number of rotatable bonds is 2. The Morgan fingerprint density at radius 3 is 2.70 bits per heavy atom. The lowest BCUT2D eigenvalue weighted by atomic mass is 10.2. The van der Waals surface area contributed by atoms with Gasteiger partial charge in [0.2, 0.25) is 5.91 Å². The Bertz CT molecular complexity index is 492. The van der Waals surface area contributed by atoms with Crippen LogP contribution in [-0.4, -0.2) is 35.7 Å². The van der Waals surface area contributed by atoms with Gasteiger partial charge >= 0.3 is 6.03 Å². The molecule has 1 aliphatic rings. The van der Waals surface area contributed by atoms with Gasteiger partial charge in [0.25, 0.3) is 0 Å². The summed E-state index contributed by atoms with van der Waals surface area (Å²) < 4.78 is 0. The summed E-state index contributed by atoms with van der Waals surface area (Å²) in [6, 6.07) is 7.09. The molecule has 108 valence electrons. The molecule has 6 heteroatoms. The van der Waals surface area contributed by atoms with Crippen LogP contribution in [0.25, 0.3) is 0 Å². The van der Waals surface area contributed by atoms with Gasteiger partial charge in [-0.25, -0.2) is 4.79 Å². The third-order valence-electron chi connectivity index (χ3n) is 3.19. The lowest BCUT2D eigenvalue weighted by Gasteiger charge is -2.21. The number of hydrogen-bond acceptors (Lipinski definition) is 3. The number of benzene rings is 1. The molecule has 0 aliphatic carbocycles. The van der Waals surface area contributed by atoms with Crippen molar-refractivity contribution in [3.05, 3.63) is 29.3 Å². The number of imide groups is 1. The molecule has 2 rings (SSSR count). The van der Waals surface area contributed by atoms with Gasteiger partial charge in [0, 0.05) is 23.5 Å². The Morgan fingerprint density at radius 1 is 1.35 bits per heavy atom. The van der Waals surface area contributed by atoms with Gasteiger partial charge in [0.15, 0.2) is 0 Å². The lowest BCUT2D eigenvalue weighted by Crippen LogP contribution is -2.45. The first kappa shape index (κ1) is 15.2. The van der Waals surface area contributed by atoms with Crippen LogP contribution in [0.1, 0.15) is 19.3 Å². The Labute approximate surface area is 127 Å². The molecular formula is C14H17ClN2O2S. The lowest BCUT2D eigenvalue weighted by molar-refractivity contribution is -0.127. The smallest absolute Gasteiger partial charge is 0.323 e. The minimum atomic E-state index is -0.321. The highest BCUT2D eigenvalue weighted by Crippen LogP contribution is 2.30. The van der Waals surface area contributed by atoms with E-state index >= 15 is 0 Å².